The second kappa shape index (κ2) is 10.9. The van der Waals surface area contributed by atoms with Crippen LogP contribution >= 0.6 is 0 Å². The Morgan fingerprint density at radius 3 is 2.09 bits per heavy atom. The van der Waals surface area contributed by atoms with E-state index in [4.69, 9.17) is 4.74 Å². The first-order valence-electron chi connectivity index (χ1n) is 9.83. The zero-order chi connectivity index (χ0) is 22.8. The van der Waals surface area contributed by atoms with E-state index in [1.54, 1.807) is 0 Å². The van der Waals surface area contributed by atoms with Gasteiger partial charge in [0.2, 0.25) is 0 Å². The molecule has 3 rings (SSSR count). The summed E-state index contributed by atoms with van der Waals surface area (Å²) in [5.41, 5.74) is 1.09. The van der Waals surface area contributed by atoms with Crippen LogP contribution in [0.5, 0.6) is 5.75 Å². The van der Waals surface area contributed by atoms with Gasteiger partial charge in [0.15, 0.2) is 0 Å². The molecule has 0 radical (unpaired) electrons. The van der Waals surface area contributed by atoms with Gasteiger partial charge in [0.05, 0.1) is 18.2 Å². The van der Waals surface area contributed by atoms with Crippen LogP contribution in [-0.4, -0.2) is 19.2 Å². The minimum atomic E-state index is -4.43. The van der Waals surface area contributed by atoms with E-state index in [9.17, 15) is 18.0 Å². The van der Waals surface area contributed by atoms with Crippen LogP contribution in [0.4, 0.5) is 18.0 Å². The fourth-order valence-electron chi connectivity index (χ4n) is 2.95. The van der Waals surface area contributed by atoms with Crippen molar-refractivity contribution < 1.29 is 22.7 Å². The van der Waals surface area contributed by atoms with Gasteiger partial charge in [-0.3, -0.25) is 0 Å². The van der Waals surface area contributed by atoms with Crippen molar-refractivity contribution in [3.63, 3.8) is 0 Å². The Labute approximate surface area is 184 Å². The molecule has 0 atom stereocenters. The van der Waals surface area contributed by atoms with E-state index in [-0.39, 0.29) is 24.9 Å². The van der Waals surface area contributed by atoms with Gasteiger partial charge in [-0.05, 0) is 29.3 Å². The van der Waals surface area contributed by atoms with Gasteiger partial charge < -0.3 is 15.4 Å². The lowest BCUT2D eigenvalue weighted by Gasteiger charge is -2.19. The maximum Gasteiger partial charge on any atom is 0.416 e. The van der Waals surface area contributed by atoms with E-state index in [2.05, 4.69) is 22.5 Å². The van der Waals surface area contributed by atoms with Crippen molar-refractivity contribution >= 4 is 6.03 Å². The molecule has 3 aromatic carbocycles. The van der Waals surface area contributed by atoms with E-state index < -0.39 is 17.8 Å². The molecule has 3 aromatic rings. The summed E-state index contributed by atoms with van der Waals surface area (Å²) in [5, 5.41) is 5.58. The Hall–Kier alpha value is -3.92. The fraction of sp³-hybridized carbons (Fsp3) is 0.160. The molecule has 0 unspecified atom stereocenters. The third kappa shape index (κ3) is 6.81. The number of ether oxygens (including phenoxy) is 1. The summed E-state index contributed by atoms with van der Waals surface area (Å²) in [5.74, 6) is 5.46. The summed E-state index contributed by atoms with van der Waals surface area (Å²) in [7, 11) is 0. The first-order chi connectivity index (χ1) is 15.4. The van der Waals surface area contributed by atoms with Crippen LogP contribution in [0.15, 0.2) is 84.9 Å². The maximum atomic E-state index is 12.7. The number of nitrogens with one attached hydrogen (secondary N) is 2. The fourth-order valence-corrected chi connectivity index (χ4v) is 2.95. The van der Waals surface area contributed by atoms with E-state index in [1.807, 2.05) is 60.7 Å². The number of amides is 2. The molecular formula is C25H21F3N2O2. The van der Waals surface area contributed by atoms with Crippen LogP contribution in [0.1, 0.15) is 22.7 Å². The maximum absolute atomic E-state index is 12.7. The molecule has 2 N–H and O–H groups in total. The van der Waals surface area contributed by atoms with Crippen molar-refractivity contribution in [3.05, 3.63) is 102 Å². The number of benzene rings is 3. The minimum absolute atomic E-state index is 0.0636. The molecule has 0 heterocycles. The van der Waals surface area contributed by atoms with Gasteiger partial charge >= 0.3 is 12.2 Å². The van der Waals surface area contributed by atoms with Gasteiger partial charge in [-0.1, -0.05) is 78.6 Å². The smallest absolute Gasteiger partial charge is 0.416 e. The van der Waals surface area contributed by atoms with Crippen molar-refractivity contribution in [2.45, 2.75) is 12.2 Å². The van der Waals surface area contributed by atoms with Crippen LogP contribution < -0.4 is 15.4 Å². The minimum Gasteiger partial charge on any atom is -0.481 e. The van der Waals surface area contributed by atoms with Crippen molar-refractivity contribution in [1.29, 1.82) is 0 Å². The Bertz CT molecular complexity index is 1040. The molecule has 0 bridgehead atoms. The molecule has 0 fully saturated rings. The summed E-state index contributed by atoms with van der Waals surface area (Å²) >= 11 is 0. The first-order valence-corrected chi connectivity index (χ1v) is 9.83. The van der Waals surface area contributed by atoms with Crippen LogP contribution in [0.25, 0.3) is 0 Å². The Morgan fingerprint density at radius 2 is 1.50 bits per heavy atom. The molecule has 32 heavy (non-hydrogen) atoms. The Kier molecular flexibility index (Phi) is 7.76. The molecule has 0 saturated heterocycles. The molecule has 7 heteroatoms. The van der Waals surface area contributed by atoms with Crippen LogP contribution in [0, 0.1) is 11.8 Å². The topological polar surface area (TPSA) is 50.4 Å². The average molecular weight is 438 g/mol. The predicted molar refractivity (Wildman–Crippen MR) is 116 cm³/mol. The number of hydrogen-bond donors (Lipinski definition) is 2. The highest BCUT2D eigenvalue weighted by Gasteiger charge is 2.30. The molecular weight excluding hydrogens is 417 g/mol. The summed E-state index contributed by atoms with van der Waals surface area (Å²) in [6.45, 7) is -0.0324. The summed E-state index contributed by atoms with van der Waals surface area (Å²) < 4.78 is 43.4. The lowest BCUT2D eigenvalue weighted by atomic mass is 9.99. The van der Waals surface area contributed by atoms with Gasteiger partial charge in [-0.25, -0.2) is 4.79 Å². The zero-order valence-electron chi connectivity index (χ0n) is 17.0. The molecule has 0 saturated carbocycles. The van der Waals surface area contributed by atoms with Gasteiger partial charge in [0.25, 0.3) is 0 Å². The van der Waals surface area contributed by atoms with Crippen LogP contribution in [-0.2, 0) is 6.18 Å². The predicted octanol–water partition coefficient (Wildman–Crippen LogP) is 5.18. The number of hydrogen-bond acceptors (Lipinski definition) is 2. The highest BCUT2D eigenvalue weighted by atomic mass is 19.4. The SMILES string of the molecule is O=C(NCC#CCOc1cccc(C(F)(F)F)c1)NC(c1ccccc1)c1ccccc1. The van der Waals surface area contributed by atoms with E-state index in [1.165, 1.54) is 12.1 Å². The molecule has 2 amide bonds. The van der Waals surface area contributed by atoms with Gasteiger partial charge in [0, 0.05) is 0 Å². The zero-order valence-corrected chi connectivity index (χ0v) is 17.0. The number of rotatable bonds is 6. The van der Waals surface area contributed by atoms with Crippen molar-refractivity contribution in [1.82, 2.24) is 10.6 Å². The van der Waals surface area contributed by atoms with E-state index >= 15 is 0 Å². The monoisotopic (exact) mass is 438 g/mol. The lowest BCUT2D eigenvalue weighted by molar-refractivity contribution is -0.137. The van der Waals surface area contributed by atoms with Crippen molar-refractivity contribution in [2.24, 2.45) is 0 Å². The number of alkyl halides is 3. The Balaban J connectivity index is 1.50. The van der Waals surface area contributed by atoms with Crippen molar-refractivity contribution in [3.8, 4) is 17.6 Å². The molecule has 0 aliphatic carbocycles. The van der Waals surface area contributed by atoms with Gasteiger partial charge in [0.1, 0.15) is 12.4 Å². The lowest BCUT2D eigenvalue weighted by Crippen LogP contribution is -2.38. The quantitative estimate of drug-likeness (QED) is 0.522. The third-order valence-corrected chi connectivity index (χ3v) is 4.48. The van der Waals surface area contributed by atoms with Crippen LogP contribution in [0.2, 0.25) is 0 Å². The number of carbonyl (C=O) groups is 1. The van der Waals surface area contributed by atoms with Crippen molar-refractivity contribution in [2.75, 3.05) is 13.2 Å². The molecule has 0 aliphatic heterocycles. The average Bonchev–Trinajstić information content (AvgIpc) is 2.80. The highest BCUT2D eigenvalue weighted by Crippen LogP contribution is 2.31. The van der Waals surface area contributed by atoms with E-state index in [0.29, 0.717) is 0 Å². The standard InChI is InChI=1S/C25H21F3N2O2/c26-25(27,28)21-14-9-15-22(18-21)32-17-8-7-16-29-24(31)30-23(19-10-3-1-4-11-19)20-12-5-2-6-13-20/h1-6,9-15,18,23H,16-17H2,(H2,29,30,31). The molecule has 0 aromatic heterocycles. The molecule has 0 aliphatic rings. The van der Waals surface area contributed by atoms with Gasteiger partial charge in [-0.2, -0.15) is 13.2 Å². The second-order valence-electron chi connectivity index (χ2n) is 6.75. The molecule has 0 spiro atoms. The number of halogens is 3. The summed E-state index contributed by atoms with van der Waals surface area (Å²) in [4.78, 5) is 12.4. The molecule has 164 valence electrons. The highest BCUT2D eigenvalue weighted by molar-refractivity contribution is 5.75. The second-order valence-corrected chi connectivity index (χ2v) is 6.75. The Morgan fingerprint density at radius 1 is 0.875 bits per heavy atom. The normalized spacial score (nSPS) is 10.8. The van der Waals surface area contributed by atoms with Gasteiger partial charge in [-0.15, -0.1) is 0 Å². The summed E-state index contributed by atoms with van der Waals surface area (Å²) in [6, 6.07) is 23.0. The largest absolute Gasteiger partial charge is 0.481 e. The molecule has 4 nitrogen and oxygen atoms in total. The summed E-state index contributed by atoms with van der Waals surface area (Å²) in [6.07, 6.45) is -4.43. The number of carbonyl (C=O) groups excluding carboxylic acids is 1. The number of urea groups is 1. The van der Waals surface area contributed by atoms with Crippen LogP contribution in [0.3, 0.4) is 0 Å². The van der Waals surface area contributed by atoms with E-state index in [0.717, 1.165) is 23.3 Å². The third-order valence-electron chi connectivity index (χ3n) is 4.48. The first kappa shape index (κ1) is 22.8.